The number of carbonyl (C=O) groups is 1. The van der Waals surface area contributed by atoms with Crippen LogP contribution < -0.4 is 5.32 Å². The smallest absolute Gasteiger partial charge is 0.318 e. The van der Waals surface area contributed by atoms with Gasteiger partial charge in [0.2, 0.25) is 0 Å². The summed E-state index contributed by atoms with van der Waals surface area (Å²) in [5.74, 6) is 0. The molecule has 1 aliphatic heterocycles. The average Bonchev–Trinajstić information content (AvgIpc) is 3.28. The van der Waals surface area contributed by atoms with Crippen LogP contribution in [0.15, 0.2) is 96.0 Å². The summed E-state index contributed by atoms with van der Waals surface area (Å²) >= 11 is 1.63. The van der Waals surface area contributed by atoms with Gasteiger partial charge in [0, 0.05) is 22.5 Å². The molecule has 0 spiro atoms. The SMILES string of the molecule is CSc1ccc([C@H]2c3cccn3-c3ccccc3CN2C(=O)Nc2cccc(C(F)(F)F)c2)cc1. The van der Waals surface area contributed by atoms with Gasteiger partial charge < -0.3 is 14.8 Å². The van der Waals surface area contributed by atoms with Gasteiger partial charge in [0.15, 0.2) is 0 Å². The van der Waals surface area contributed by atoms with Gasteiger partial charge in [-0.3, -0.25) is 0 Å². The topological polar surface area (TPSA) is 37.3 Å². The number of carbonyl (C=O) groups excluding carboxylic acids is 1. The zero-order chi connectivity index (χ0) is 24.6. The quantitative estimate of drug-likeness (QED) is 0.303. The van der Waals surface area contributed by atoms with Crippen LogP contribution in [-0.4, -0.2) is 21.8 Å². The van der Waals surface area contributed by atoms with E-state index in [0.29, 0.717) is 0 Å². The van der Waals surface area contributed by atoms with E-state index in [2.05, 4.69) is 9.88 Å². The summed E-state index contributed by atoms with van der Waals surface area (Å²) in [5.41, 5.74) is 2.99. The fourth-order valence-corrected chi connectivity index (χ4v) is 4.85. The number of thioether (sulfide) groups is 1. The number of aromatic nitrogens is 1. The summed E-state index contributed by atoms with van der Waals surface area (Å²) in [6.45, 7) is 0.289. The number of amides is 2. The molecular formula is C27H22F3N3OS. The predicted octanol–water partition coefficient (Wildman–Crippen LogP) is 7.36. The molecule has 0 unspecified atom stereocenters. The Morgan fingerprint density at radius 1 is 0.971 bits per heavy atom. The average molecular weight is 494 g/mol. The van der Waals surface area contributed by atoms with E-state index in [0.717, 1.165) is 39.5 Å². The fourth-order valence-electron chi connectivity index (χ4n) is 4.44. The van der Waals surface area contributed by atoms with Gasteiger partial charge in [0.25, 0.3) is 0 Å². The van der Waals surface area contributed by atoms with Crippen molar-refractivity contribution in [3.8, 4) is 5.69 Å². The monoisotopic (exact) mass is 493 g/mol. The Morgan fingerprint density at radius 2 is 1.74 bits per heavy atom. The van der Waals surface area contributed by atoms with Crippen molar-refractivity contribution in [2.45, 2.75) is 23.7 Å². The van der Waals surface area contributed by atoms with Crippen molar-refractivity contribution in [2.75, 3.05) is 11.6 Å². The van der Waals surface area contributed by atoms with E-state index in [4.69, 9.17) is 0 Å². The van der Waals surface area contributed by atoms with Crippen LogP contribution in [0.25, 0.3) is 5.69 Å². The Kier molecular flexibility index (Phi) is 6.06. The van der Waals surface area contributed by atoms with Crippen LogP contribution >= 0.6 is 11.8 Å². The number of alkyl halides is 3. The third kappa shape index (κ3) is 4.53. The highest BCUT2D eigenvalue weighted by Gasteiger charge is 2.34. The number of anilines is 1. The van der Waals surface area contributed by atoms with Crippen molar-refractivity contribution in [1.82, 2.24) is 9.47 Å². The maximum Gasteiger partial charge on any atom is 0.416 e. The summed E-state index contributed by atoms with van der Waals surface area (Å²) in [5, 5.41) is 2.70. The van der Waals surface area contributed by atoms with Gasteiger partial charge in [0.05, 0.1) is 23.8 Å². The Balaban J connectivity index is 1.58. The first-order chi connectivity index (χ1) is 16.8. The number of urea groups is 1. The second kappa shape index (κ2) is 9.19. The number of fused-ring (bicyclic) bond motifs is 3. The molecule has 1 aromatic heterocycles. The molecule has 0 fully saturated rings. The minimum atomic E-state index is -4.50. The number of rotatable bonds is 3. The van der Waals surface area contributed by atoms with E-state index < -0.39 is 23.8 Å². The molecule has 4 nitrogen and oxygen atoms in total. The van der Waals surface area contributed by atoms with Crippen molar-refractivity contribution in [3.05, 3.63) is 114 Å². The first-order valence-corrected chi connectivity index (χ1v) is 12.2. The number of para-hydroxylation sites is 1. The standard InChI is InChI=1S/C27H22F3N3OS/c1-35-22-13-11-18(12-14-22)25-24-10-5-15-32(24)23-9-3-2-6-19(23)17-33(25)26(34)31-21-8-4-7-20(16-21)27(28,29)30/h2-16,25H,17H2,1H3,(H,31,34)/t25-/m0/s1. The van der Waals surface area contributed by atoms with Gasteiger partial charge in [-0.05, 0) is 65.9 Å². The van der Waals surface area contributed by atoms with E-state index in [-0.39, 0.29) is 12.2 Å². The molecule has 1 atom stereocenters. The maximum absolute atomic E-state index is 13.6. The molecule has 5 rings (SSSR count). The number of halogens is 3. The second-order valence-electron chi connectivity index (χ2n) is 8.24. The lowest BCUT2D eigenvalue weighted by Crippen LogP contribution is -2.38. The highest BCUT2D eigenvalue weighted by molar-refractivity contribution is 7.98. The van der Waals surface area contributed by atoms with E-state index in [1.165, 1.54) is 12.1 Å². The lowest BCUT2D eigenvalue weighted by atomic mass is 10.0. The first-order valence-electron chi connectivity index (χ1n) is 11.0. The van der Waals surface area contributed by atoms with Crippen molar-refractivity contribution in [3.63, 3.8) is 0 Å². The summed E-state index contributed by atoms with van der Waals surface area (Å²) in [6, 6.07) is 23.5. The molecule has 3 aromatic carbocycles. The Labute approximate surface area is 205 Å². The molecule has 0 saturated heterocycles. The third-order valence-electron chi connectivity index (χ3n) is 6.10. The van der Waals surface area contributed by atoms with Crippen molar-refractivity contribution in [2.24, 2.45) is 0 Å². The van der Waals surface area contributed by atoms with Crippen molar-refractivity contribution >= 4 is 23.5 Å². The maximum atomic E-state index is 13.6. The molecule has 35 heavy (non-hydrogen) atoms. The van der Waals surface area contributed by atoms with Crippen LogP contribution in [0.5, 0.6) is 0 Å². The molecule has 8 heteroatoms. The van der Waals surface area contributed by atoms with E-state index in [9.17, 15) is 18.0 Å². The zero-order valence-electron chi connectivity index (χ0n) is 18.8. The molecule has 2 amide bonds. The Morgan fingerprint density at radius 3 is 2.49 bits per heavy atom. The predicted molar refractivity (Wildman–Crippen MR) is 132 cm³/mol. The summed E-state index contributed by atoms with van der Waals surface area (Å²) < 4.78 is 41.7. The first kappa shape index (κ1) is 23.1. The molecule has 0 saturated carbocycles. The molecule has 4 aromatic rings. The molecule has 1 aliphatic rings. The molecular weight excluding hydrogens is 471 g/mol. The summed E-state index contributed by atoms with van der Waals surface area (Å²) in [6.07, 6.45) is -0.534. The Bertz CT molecular complexity index is 1360. The van der Waals surface area contributed by atoms with Crippen LogP contribution in [0.1, 0.15) is 28.4 Å². The summed E-state index contributed by atoms with van der Waals surface area (Å²) in [4.78, 5) is 16.4. The molecule has 0 bridgehead atoms. The van der Waals surface area contributed by atoms with Crippen molar-refractivity contribution < 1.29 is 18.0 Å². The molecule has 178 valence electrons. The Hall–Kier alpha value is -3.65. The van der Waals surface area contributed by atoms with Gasteiger partial charge in [-0.25, -0.2) is 4.79 Å². The van der Waals surface area contributed by atoms with Gasteiger partial charge in [-0.2, -0.15) is 13.2 Å². The highest BCUT2D eigenvalue weighted by atomic mass is 32.2. The van der Waals surface area contributed by atoms with Crippen LogP contribution in [-0.2, 0) is 12.7 Å². The third-order valence-corrected chi connectivity index (χ3v) is 6.84. The zero-order valence-corrected chi connectivity index (χ0v) is 19.6. The lowest BCUT2D eigenvalue weighted by Gasteiger charge is -2.31. The van der Waals surface area contributed by atoms with E-state index in [1.54, 1.807) is 16.7 Å². The largest absolute Gasteiger partial charge is 0.416 e. The fraction of sp³-hybridized carbons (Fsp3) is 0.148. The lowest BCUT2D eigenvalue weighted by molar-refractivity contribution is -0.137. The minimum absolute atomic E-state index is 0.0919. The highest BCUT2D eigenvalue weighted by Crippen LogP contribution is 2.38. The number of nitrogens with one attached hydrogen (secondary N) is 1. The minimum Gasteiger partial charge on any atom is -0.318 e. The van der Waals surface area contributed by atoms with Crippen molar-refractivity contribution in [1.29, 1.82) is 0 Å². The summed E-state index contributed by atoms with van der Waals surface area (Å²) in [7, 11) is 0. The van der Waals surface area contributed by atoms with E-state index >= 15 is 0 Å². The molecule has 0 aliphatic carbocycles. The molecule has 2 heterocycles. The normalized spacial score (nSPS) is 15.2. The van der Waals surface area contributed by atoms with Crippen LogP contribution in [0.2, 0.25) is 0 Å². The van der Waals surface area contributed by atoms with Gasteiger partial charge in [-0.1, -0.05) is 36.4 Å². The number of hydrogen-bond donors (Lipinski definition) is 1. The van der Waals surface area contributed by atoms with Gasteiger partial charge in [0.1, 0.15) is 0 Å². The number of nitrogens with zero attached hydrogens (tertiary/aromatic N) is 2. The van der Waals surface area contributed by atoms with E-state index in [1.807, 2.05) is 73.1 Å². The van der Waals surface area contributed by atoms with Gasteiger partial charge in [-0.15, -0.1) is 11.8 Å². The van der Waals surface area contributed by atoms with Crippen LogP contribution in [0.4, 0.5) is 23.7 Å². The van der Waals surface area contributed by atoms with Gasteiger partial charge >= 0.3 is 12.2 Å². The number of benzene rings is 3. The second-order valence-corrected chi connectivity index (χ2v) is 9.12. The molecule has 1 N–H and O–H groups in total. The number of hydrogen-bond acceptors (Lipinski definition) is 2. The van der Waals surface area contributed by atoms with Crippen LogP contribution in [0.3, 0.4) is 0 Å². The molecule has 0 radical (unpaired) electrons. The van der Waals surface area contributed by atoms with Crippen LogP contribution in [0, 0.1) is 0 Å².